The van der Waals surface area contributed by atoms with Gasteiger partial charge in [0, 0.05) is 6.42 Å². The number of aliphatic hydroxyl groups is 1. The quantitative estimate of drug-likeness (QED) is 0.746. The molecule has 3 N–H and O–H groups in total. The van der Waals surface area contributed by atoms with E-state index in [0.717, 1.165) is 5.56 Å². The van der Waals surface area contributed by atoms with Crippen LogP contribution >= 0.6 is 0 Å². The molecule has 4 heteroatoms. The molecule has 0 aliphatic rings. The Morgan fingerprint density at radius 1 is 1.53 bits per heavy atom. The molecule has 0 amide bonds. The zero-order chi connectivity index (χ0) is 11.1. The van der Waals surface area contributed by atoms with Gasteiger partial charge in [-0.05, 0) is 17.7 Å². The maximum atomic E-state index is 8.90. The van der Waals surface area contributed by atoms with Crippen LogP contribution in [0.3, 0.4) is 0 Å². The van der Waals surface area contributed by atoms with Gasteiger partial charge in [-0.15, -0.1) is 0 Å². The zero-order valence-corrected chi connectivity index (χ0v) is 8.39. The van der Waals surface area contributed by atoms with Crippen LogP contribution in [0.5, 0.6) is 5.75 Å². The van der Waals surface area contributed by atoms with Gasteiger partial charge in [0.05, 0.1) is 25.3 Å². The third kappa shape index (κ3) is 3.98. The lowest BCUT2D eigenvalue weighted by Gasteiger charge is -2.07. The van der Waals surface area contributed by atoms with E-state index in [1.165, 1.54) is 0 Å². The highest BCUT2D eigenvalue weighted by molar-refractivity contribution is 5.27. The standard InChI is InChI=1S/C11H14N2O2/c12-7-10(13)4-5-15-11-3-1-2-9(6-11)8-14/h1-3,6,10,14H,4-5,8,13H2. The summed E-state index contributed by atoms with van der Waals surface area (Å²) in [7, 11) is 0. The molecule has 15 heavy (non-hydrogen) atoms. The fourth-order valence-electron chi connectivity index (χ4n) is 1.10. The normalized spacial score (nSPS) is 11.8. The lowest BCUT2D eigenvalue weighted by Crippen LogP contribution is -2.20. The Bertz CT molecular complexity index is 347. The van der Waals surface area contributed by atoms with Crippen LogP contribution in [0.2, 0.25) is 0 Å². The van der Waals surface area contributed by atoms with Crippen molar-refractivity contribution in [1.29, 1.82) is 5.26 Å². The first-order valence-corrected chi connectivity index (χ1v) is 4.74. The second-order valence-electron chi connectivity index (χ2n) is 3.18. The summed E-state index contributed by atoms with van der Waals surface area (Å²) in [5.41, 5.74) is 6.21. The second-order valence-corrected chi connectivity index (χ2v) is 3.18. The summed E-state index contributed by atoms with van der Waals surface area (Å²) in [6.45, 7) is 0.401. The van der Waals surface area contributed by atoms with Gasteiger partial charge in [0.15, 0.2) is 0 Å². The Hall–Kier alpha value is -1.57. The van der Waals surface area contributed by atoms with E-state index in [4.69, 9.17) is 20.8 Å². The van der Waals surface area contributed by atoms with E-state index in [2.05, 4.69) is 0 Å². The van der Waals surface area contributed by atoms with E-state index >= 15 is 0 Å². The number of rotatable bonds is 5. The molecule has 1 aromatic carbocycles. The first kappa shape index (κ1) is 11.5. The molecule has 0 saturated heterocycles. The molecule has 0 spiro atoms. The zero-order valence-electron chi connectivity index (χ0n) is 8.39. The van der Waals surface area contributed by atoms with Gasteiger partial charge in [-0.2, -0.15) is 5.26 Å². The molecular weight excluding hydrogens is 192 g/mol. The monoisotopic (exact) mass is 206 g/mol. The van der Waals surface area contributed by atoms with Crippen molar-refractivity contribution < 1.29 is 9.84 Å². The molecular formula is C11H14N2O2. The Morgan fingerprint density at radius 3 is 3.00 bits per heavy atom. The maximum absolute atomic E-state index is 8.90. The smallest absolute Gasteiger partial charge is 0.119 e. The summed E-state index contributed by atoms with van der Waals surface area (Å²) in [5.74, 6) is 0.687. The van der Waals surface area contributed by atoms with Crippen molar-refractivity contribution in [2.24, 2.45) is 5.73 Å². The van der Waals surface area contributed by atoms with Gasteiger partial charge in [0.1, 0.15) is 5.75 Å². The highest BCUT2D eigenvalue weighted by Gasteiger charge is 2.00. The van der Waals surface area contributed by atoms with Gasteiger partial charge in [0.2, 0.25) is 0 Å². The van der Waals surface area contributed by atoms with Gasteiger partial charge in [0.25, 0.3) is 0 Å². The number of nitriles is 1. The van der Waals surface area contributed by atoms with E-state index in [1.807, 2.05) is 18.2 Å². The van der Waals surface area contributed by atoms with Crippen LogP contribution in [-0.4, -0.2) is 17.8 Å². The van der Waals surface area contributed by atoms with Gasteiger partial charge >= 0.3 is 0 Å². The molecule has 1 aromatic rings. The minimum absolute atomic E-state index is 0.00505. The summed E-state index contributed by atoms with van der Waals surface area (Å²) < 4.78 is 5.38. The van der Waals surface area contributed by atoms with Crippen LogP contribution in [0.25, 0.3) is 0 Å². The van der Waals surface area contributed by atoms with Crippen molar-refractivity contribution in [2.75, 3.05) is 6.61 Å². The molecule has 0 bridgehead atoms. The van der Waals surface area contributed by atoms with Crippen molar-refractivity contribution >= 4 is 0 Å². The number of benzene rings is 1. The number of nitrogens with two attached hydrogens (primary N) is 1. The van der Waals surface area contributed by atoms with Crippen molar-refractivity contribution in [3.05, 3.63) is 29.8 Å². The molecule has 1 rings (SSSR count). The molecule has 0 heterocycles. The lowest BCUT2D eigenvalue weighted by atomic mass is 10.2. The third-order valence-corrected chi connectivity index (χ3v) is 1.94. The molecule has 0 aliphatic carbocycles. The van der Waals surface area contributed by atoms with Crippen LogP contribution in [-0.2, 0) is 6.61 Å². The highest BCUT2D eigenvalue weighted by Crippen LogP contribution is 2.13. The largest absolute Gasteiger partial charge is 0.493 e. The number of aliphatic hydroxyl groups excluding tert-OH is 1. The number of ether oxygens (including phenoxy) is 1. The average molecular weight is 206 g/mol. The second kappa shape index (κ2) is 6.02. The predicted octanol–water partition coefficient (Wildman–Crippen LogP) is 0.799. The average Bonchev–Trinajstić information content (AvgIpc) is 2.29. The molecule has 0 aromatic heterocycles. The van der Waals surface area contributed by atoms with Crippen LogP contribution in [0.1, 0.15) is 12.0 Å². The summed E-state index contributed by atoms with van der Waals surface area (Å²) in [6, 6.07) is 8.64. The number of nitrogens with zero attached hydrogens (tertiary/aromatic N) is 1. The van der Waals surface area contributed by atoms with Crippen LogP contribution in [0.4, 0.5) is 0 Å². The van der Waals surface area contributed by atoms with Gasteiger partial charge in [-0.1, -0.05) is 12.1 Å². The van der Waals surface area contributed by atoms with Crippen molar-refractivity contribution in [2.45, 2.75) is 19.1 Å². The Kier molecular flexibility index (Phi) is 4.61. The molecule has 0 saturated carbocycles. The molecule has 0 fully saturated rings. The summed E-state index contributed by atoms with van der Waals surface area (Å²) in [4.78, 5) is 0. The van der Waals surface area contributed by atoms with E-state index in [0.29, 0.717) is 18.8 Å². The van der Waals surface area contributed by atoms with Crippen LogP contribution in [0.15, 0.2) is 24.3 Å². The van der Waals surface area contributed by atoms with Gasteiger partial charge in [-0.3, -0.25) is 0 Å². The van der Waals surface area contributed by atoms with E-state index in [9.17, 15) is 0 Å². The summed E-state index contributed by atoms with van der Waals surface area (Å²) >= 11 is 0. The lowest BCUT2D eigenvalue weighted by molar-refractivity contribution is 0.278. The van der Waals surface area contributed by atoms with Crippen molar-refractivity contribution in [1.82, 2.24) is 0 Å². The van der Waals surface area contributed by atoms with E-state index in [1.54, 1.807) is 12.1 Å². The Labute approximate surface area is 88.9 Å². The van der Waals surface area contributed by atoms with E-state index in [-0.39, 0.29) is 6.61 Å². The van der Waals surface area contributed by atoms with Crippen molar-refractivity contribution in [3.8, 4) is 11.8 Å². The SMILES string of the molecule is N#CC(N)CCOc1cccc(CO)c1. The van der Waals surface area contributed by atoms with Crippen LogP contribution < -0.4 is 10.5 Å². The molecule has 0 aliphatic heterocycles. The third-order valence-electron chi connectivity index (χ3n) is 1.94. The minimum atomic E-state index is -0.481. The fourth-order valence-corrected chi connectivity index (χ4v) is 1.10. The fraction of sp³-hybridized carbons (Fsp3) is 0.364. The first-order chi connectivity index (χ1) is 7.26. The maximum Gasteiger partial charge on any atom is 0.119 e. The molecule has 4 nitrogen and oxygen atoms in total. The van der Waals surface area contributed by atoms with Gasteiger partial charge < -0.3 is 15.6 Å². The Morgan fingerprint density at radius 2 is 2.33 bits per heavy atom. The molecule has 0 radical (unpaired) electrons. The molecule has 1 unspecified atom stereocenters. The van der Waals surface area contributed by atoms with Gasteiger partial charge in [-0.25, -0.2) is 0 Å². The Balaban J connectivity index is 2.41. The molecule has 1 atom stereocenters. The number of hydrogen-bond acceptors (Lipinski definition) is 4. The molecule has 80 valence electrons. The topological polar surface area (TPSA) is 79.3 Å². The minimum Gasteiger partial charge on any atom is -0.493 e. The van der Waals surface area contributed by atoms with E-state index < -0.39 is 6.04 Å². The highest BCUT2D eigenvalue weighted by atomic mass is 16.5. The van der Waals surface area contributed by atoms with Crippen molar-refractivity contribution in [3.63, 3.8) is 0 Å². The predicted molar refractivity (Wildman–Crippen MR) is 56.1 cm³/mol. The number of hydrogen-bond donors (Lipinski definition) is 2. The van der Waals surface area contributed by atoms with Crippen LogP contribution in [0, 0.1) is 11.3 Å². The first-order valence-electron chi connectivity index (χ1n) is 4.74. The summed E-state index contributed by atoms with van der Waals surface area (Å²) in [6.07, 6.45) is 0.500. The summed E-state index contributed by atoms with van der Waals surface area (Å²) in [5, 5.41) is 17.3.